The van der Waals surface area contributed by atoms with Gasteiger partial charge >= 0.3 is 5.97 Å². The predicted octanol–water partition coefficient (Wildman–Crippen LogP) is 4.64. The number of nitrogens with zero attached hydrogens (tertiary/aromatic N) is 4. The first kappa shape index (κ1) is 26.9. The Morgan fingerprint density at radius 3 is 2.50 bits per heavy atom. The third-order valence-corrected chi connectivity index (χ3v) is 5.63. The monoisotopic (exact) mass is 514 g/mol. The van der Waals surface area contributed by atoms with E-state index in [0.717, 1.165) is 5.56 Å². The first-order valence-electron chi connectivity index (χ1n) is 11.5. The quantitative estimate of drug-likeness (QED) is 0.375. The highest BCUT2D eigenvalue weighted by Gasteiger charge is 2.24. The van der Waals surface area contributed by atoms with Crippen molar-refractivity contribution in [2.45, 2.75) is 46.2 Å². The zero-order chi connectivity index (χ0) is 26.4. The lowest BCUT2D eigenvalue weighted by Gasteiger charge is -2.19. The summed E-state index contributed by atoms with van der Waals surface area (Å²) in [6, 6.07) is 4.33. The molecule has 2 aromatic heterocycles. The van der Waals surface area contributed by atoms with Crippen LogP contribution in [0.5, 0.6) is 5.75 Å². The van der Waals surface area contributed by atoms with Gasteiger partial charge in [-0.05, 0) is 44.4 Å². The SMILES string of the molecule is COC(=O)[C@H](CC(C)C)NC(=O)c1ccc(Nc2ncc(Cl)c(-c3cnn(C(C)C)c3)n2)c(OC)c1. The van der Waals surface area contributed by atoms with E-state index in [1.807, 2.05) is 38.6 Å². The van der Waals surface area contributed by atoms with Crippen LogP contribution >= 0.6 is 11.6 Å². The third kappa shape index (κ3) is 6.51. The van der Waals surface area contributed by atoms with E-state index in [1.165, 1.54) is 20.4 Å². The van der Waals surface area contributed by atoms with Crippen LogP contribution in [0, 0.1) is 5.92 Å². The number of rotatable bonds is 10. The fourth-order valence-corrected chi connectivity index (χ4v) is 3.70. The average Bonchev–Trinajstić information content (AvgIpc) is 3.34. The molecule has 1 amide bonds. The number of halogens is 1. The summed E-state index contributed by atoms with van der Waals surface area (Å²) in [7, 11) is 2.79. The minimum Gasteiger partial charge on any atom is -0.495 e. The molecule has 0 bridgehead atoms. The van der Waals surface area contributed by atoms with Crippen molar-refractivity contribution in [3.8, 4) is 17.0 Å². The normalized spacial score (nSPS) is 11.9. The Hall–Kier alpha value is -3.66. The summed E-state index contributed by atoms with van der Waals surface area (Å²) in [5, 5.41) is 10.6. The van der Waals surface area contributed by atoms with E-state index in [4.69, 9.17) is 21.1 Å². The summed E-state index contributed by atoms with van der Waals surface area (Å²) >= 11 is 6.35. The summed E-state index contributed by atoms with van der Waals surface area (Å²) in [5.74, 6) is -0.0155. The van der Waals surface area contributed by atoms with Crippen molar-refractivity contribution in [2.75, 3.05) is 19.5 Å². The maximum absolute atomic E-state index is 12.8. The van der Waals surface area contributed by atoms with E-state index in [-0.39, 0.29) is 12.0 Å². The second-order valence-corrected chi connectivity index (χ2v) is 9.32. The molecule has 36 heavy (non-hydrogen) atoms. The summed E-state index contributed by atoms with van der Waals surface area (Å²) in [6.07, 6.45) is 5.54. The molecule has 0 saturated heterocycles. The molecule has 11 heteroatoms. The Labute approximate surface area is 215 Å². The van der Waals surface area contributed by atoms with Crippen molar-refractivity contribution in [2.24, 2.45) is 5.92 Å². The van der Waals surface area contributed by atoms with Crippen LogP contribution in [0.4, 0.5) is 11.6 Å². The van der Waals surface area contributed by atoms with Crippen molar-refractivity contribution in [1.29, 1.82) is 0 Å². The van der Waals surface area contributed by atoms with Crippen LogP contribution in [0.3, 0.4) is 0 Å². The molecule has 2 N–H and O–H groups in total. The van der Waals surface area contributed by atoms with Crippen LogP contribution in [-0.2, 0) is 9.53 Å². The van der Waals surface area contributed by atoms with Crippen LogP contribution in [0.15, 0.2) is 36.8 Å². The van der Waals surface area contributed by atoms with Gasteiger partial charge in [-0.2, -0.15) is 5.10 Å². The number of benzene rings is 1. The number of anilines is 2. The molecule has 0 saturated carbocycles. The molecule has 192 valence electrons. The summed E-state index contributed by atoms with van der Waals surface area (Å²) in [5.41, 5.74) is 2.18. The van der Waals surface area contributed by atoms with E-state index in [1.54, 1.807) is 24.4 Å². The topological polar surface area (TPSA) is 120 Å². The van der Waals surface area contributed by atoms with Gasteiger partial charge < -0.3 is 20.1 Å². The number of hydrogen-bond acceptors (Lipinski definition) is 8. The Morgan fingerprint density at radius 2 is 1.89 bits per heavy atom. The molecule has 3 aromatic rings. The number of methoxy groups -OCH3 is 2. The number of nitrogens with one attached hydrogen (secondary N) is 2. The highest BCUT2D eigenvalue weighted by atomic mass is 35.5. The largest absolute Gasteiger partial charge is 0.495 e. The second-order valence-electron chi connectivity index (χ2n) is 8.91. The van der Waals surface area contributed by atoms with E-state index in [9.17, 15) is 9.59 Å². The van der Waals surface area contributed by atoms with E-state index in [2.05, 4.69) is 25.7 Å². The molecule has 0 aliphatic carbocycles. The lowest BCUT2D eigenvalue weighted by atomic mass is 10.0. The minimum atomic E-state index is -0.743. The Morgan fingerprint density at radius 1 is 1.14 bits per heavy atom. The van der Waals surface area contributed by atoms with E-state index < -0.39 is 17.9 Å². The first-order valence-corrected chi connectivity index (χ1v) is 11.9. The zero-order valence-electron chi connectivity index (χ0n) is 21.2. The minimum absolute atomic E-state index is 0.194. The molecule has 0 spiro atoms. The molecule has 0 radical (unpaired) electrons. The lowest BCUT2D eigenvalue weighted by molar-refractivity contribution is -0.143. The first-order chi connectivity index (χ1) is 17.1. The van der Waals surface area contributed by atoms with Gasteiger partial charge in [0.25, 0.3) is 5.91 Å². The molecule has 3 rings (SSSR count). The van der Waals surface area contributed by atoms with Gasteiger partial charge in [-0.25, -0.2) is 14.8 Å². The van der Waals surface area contributed by atoms with Crippen LogP contribution in [0.2, 0.25) is 5.02 Å². The Kier molecular flexibility index (Phi) is 8.87. The molecule has 0 unspecified atom stereocenters. The molecule has 0 aliphatic heterocycles. The smallest absolute Gasteiger partial charge is 0.328 e. The fourth-order valence-electron chi connectivity index (χ4n) is 3.50. The molecular weight excluding hydrogens is 484 g/mol. The Balaban J connectivity index is 1.82. The van der Waals surface area contributed by atoms with Crippen LogP contribution in [0.25, 0.3) is 11.3 Å². The van der Waals surface area contributed by atoms with Crippen LogP contribution < -0.4 is 15.4 Å². The molecular formula is C25H31ClN6O4. The van der Waals surface area contributed by atoms with Gasteiger partial charge in [0.2, 0.25) is 5.95 Å². The van der Waals surface area contributed by atoms with Crippen molar-refractivity contribution in [3.05, 3.63) is 47.4 Å². The van der Waals surface area contributed by atoms with Gasteiger partial charge in [-0.3, -0.25) is 9.48 Å². The number of carbonyl (C=O) groups excluding carboxylic acids is 2. The number of amides is 1. The van der Waals surface area contributed by atoms with Crippen molar-refractivity contribution < 1.29 is 19.1 Å². The van der Waals surface area contributed by atoms with Crippen molar-refractivity contribution in [1.82, 2.24) is 25.1 Å². The maximum Gasteiger partial charge on any atom is 0.328 e. The maximum atomic E-state index is 12.8. The van der Waals surface area contributed by atoms with Gasteiger partial charge in [0.15, 0.2) is 0 Å². The summed E-state index contributed by atoms with van der Waals surface area (Å²) < 4.78 is 12.1. The number of ether oxygens (including phenoxy) is 2. The van der Waals surface area contributed by atoms with Crippen LogP contribution in [0.1, 0.15) is 50.5 Å². The number of aromatic nitrogens is 4. The zero-order valence-corrected chi connectivity index (χ0v) is 22.0. The Bertz CT molecular complexity index is 1230. The predicted molar refractivity (Wildman–Crippen MR) is 138 cm³/mol. The van der Waals surface area contributed by atoms with Gasteiger partial charge in [0.05, 0.1) is 43.0 Å². The summed E-state index contributed by atoms with van der Waals surface area (Å²) in [6.45, 7) is 7.99. The third-order valence-electron chi connectivity index (χ3n) is 5.36. The van der Waals surface area contributed by atoms with Gasteiger partial charge in [0, 0.05) is 23.4 Å². The highest BCUT2D eigenvalue weighted by molar-refractivity contribution is 6.32. The van der Waals surface area contributed by atoms with E-state index in [0.29, 0.717) is 40.1 Å². The van der Waals surface area contributed by atoms with Crippen LogP contribution in [-0.4, -0.2) is 51.9 Å². The highest BCUT2D eigenvalue weighted by Crippen LogP contribution is 2.31. The van der Waals surface area contributed by atoms with Crippen molar-refractivity contribution >= 4 is 35.1 Å². The fraction of sp³-hybridized carbons (Fsp3) is 0.400. The standard InChI is InChI=1S/C25H31ClN6O4/c1-14(2)9-20(24(34)36-6)29-23(33)16-7-8-19(21(10-16)35-5)30-25-27-12-18(26)22(31-25)17-11-28-32(13-17)15(3)4/h7-8,10-15,20H,9H2,1-6H3,(H,29,33)(H,27,30,31)/t20-/m0/s1. The van der Waals surface area contributed by atoms with E-state index >= 15 is 0 Å². The number of carbonyl (C=O) groups is 2. The molecule has 10 nitrogen and oxygen atoms in total. The molecule has 1 atom stereocenters. The molecule has 1 aromatic carbocycles. The second kappa shape index (κ2) is 11.9. The number of hydrogen-bond donors (Lipinski definition) is 2. The molecule has 0 fully saturated rings. The van der Waals surface area contributed by atoms with Gasteiger partial charge in [-0.15, -0.1) is 0 Å². The number of esters is 1. The molecule has 2 heterocycles. The summed E-state index contributed by atoms with van der Waals surface area (Å²) in [4.78, 5) is 33.7. The molecule has 0 aliphatic rings. The van der Waals surface area contributed by atoms with Gasteiger partial charge in [-0.1, -0.05) is 25.4 Å². The van der Waals surface area contributed by atoms with Gasteiger partial charge in [0.1, 0.15) is 11.8 Å². The average molecular weight is 515 g/mol. The lowest BCUT2D eigenvalue weighted by Crippen LogP contribution is -2.42. The van der Waals surface area contributed by atoms with Crippen molar-refractivity contribution in [3.63, 3.8) is 0 Å².